The summed E-state index contributed by atoms with van der Waals surface area (Å²) < 4.78 is 54.4. The molecule has 0 aromatic heterocycles. The van der Waals surface area contributed by atoms with Crippen LogP contribution in [-0.2, 0) is 47.4 Å². The maximum absolute atomic E-state index is 12.9. The van der Waals surface area contributed by atoms with Crippen molar-refractivity contribution in [2.24, 2.45) is 45.3 Å². The van der Waals surface area contributed by atoms with Gasteiger partial charge in [-0.25, -0.2) is 0 Å². The summed E-state index contributed by atoms with van der Waals surface area (Å²) in [4.78, 5) is 11.9. The van der Waals surface area contributed by atoms with Gasteiger partial charge in [0.25, 0.3) is 0 Å². The van der Waals surface area contributed by atoms with Gasteiger partial charge >= 0.3 is 5.97 Å². The minimum atomic E-state index is -1.84. The van der Waals surface area contributed by atoms with Gasteiger partial charge in [0, 0.05) is 6.92 Å². The van der Waals surface area contributed by atoms with E-state index in [-0.39, 0.29) is 34.5 Å². The molecule has 0 bridgehead atoms. The first-order valence-corrected chi connectivity index (χ1v) is 28.2. The van der Waals surface area contributed by atoms with Gasteiger partial charge in [-0.15, -0.1) is 0 Å². The van der Waals surface area contributed by atoms with E-state index in [4.69, 9.17) is 42.6 Å². The smallest absolute Gasteiger partial charge is 0.302 e. The molecule has 4 heterocycles. The molecule has 23 nitrogen and oxygen atoms in total. The summed E-state index contributed by atoms with van der Waals surface area (Å²) in [6, 6.07) is 0. The highest BCUT2D eigenvalue weighted by Gasteiger charge is 2.72. The van der Waals surface area contributed by atoms with Crippen LogP contribution in [0.3, 0.4) is 0 Å². The number of aliphatic hydroxyl groups excluding tert-OH is 13. The molecule has 4 aliphatic heterocycles. The zero-order chi connectivity index (χ0) is 57.4. The van der Waals surface area contributed by atoms with Crippen LogP contribution in [0.25, 0.3) is 0 Å². The predicted molar refractivity (Wildman–Crippen MR) is 270 cm³/mol. The highest BCUT2D eigenvalue weighted by Crippen LogP contribution is 2.76. The van der Waals surface area contributed by atoms with Crippen molar-refractivity contribution in [1.82, 2.24) is 0 Å². The molecule has 8 unspecified atom stereocenters. The van der Waals surface area contributed by atoms with Crippen LogP contribution in [0, 0.1) is 45.3 Å². The second-order valence-electron chi connectivity index (χ2n) is 25.9. The third-order valence-corrected chi connectivity index (χ3v) is 20.8. The molecular formula is C55H92O23. The monoisotopic (exact) mass is 1120 g/mol. The van der Waals surface area contributed by atoms with Crippen molar-refractivity contribution in [2.45, 2.75) is 255 Å². The van der Waals surface area contributed by atoms with Gasteiger partial charge in [0.2, 0.25) is 0 Å². The fourth-order valence-corrected chi connectivity index (χ4v) is 16.2. The minimum absolute atomic E-state index is 0.0260. The Morgan fingerprint density at radius 1 is 0.590 bits per heavy atom. The summed E-state index contributed by atoms with van der Waals surface area (Å²) in [7, 11) is 0. The average molecular weight is 1120 g/mol. The Bertz CT molecular complexity index is 2060. The van der Waals surface area contributed by atoms with Crippen LogP contribution in [0.5, 0.6) is 0 Å². The SMILES string of the molecule is CC(=O)OC[C@H]1O[C@@H](OC2CCC3(C)C(CCC4(C)C3CC(O)C3C([C@](C)(CCC=C(C)C)O[C@@H]5O[C@H](CO[C@@H]6O[C@H](CO)[C@@H](O)[C@H]6O)[C@@H](O)[C@H](O)[C@H]5O)CC[C@]34C)C2(C)C)[C@H](O[C@@H]2O[C@H](CO)[C@@H](O)[C@H](O)[C@H]2O)[C@@H](O)[C@@H]1O. The van der Waals surface area contributed by atoms with E-state index in [9.17, 15) is 71.2 Å². The number of hydrogen-bond acceptors (Lipinski definition) is 23. The summed E-state index contributed by atoms with van der Waals surface area (Å²) in [6.45, 7) is 16.2. The largest absolute Gasteiger partial charge is 0.463 e. The van der Waals surface area contributed by atoms with Crippen molar-refractivity contribution in [1.29, 1.82) is 0 Å². The Morgan fingerprint density at radius 3 is 1.76 bits per heavy atom. The number of allylic oxidation sites excluding steroid dienone is 2. The molecule has 0 spiro atoms. The Balaban J connectivity index is 1.02. The standard InChI is InChI=1S/C55H92O23/c1-24(2)11-10-15-55(9,78-49-45(69)41(65)38(62)31(74-49)23-71-47-43(67)37(61)29(21-57)72-47)26-12-17-54(8)35(26)27(59)19-33-52(6)16-14-34(51(4,5)32(52)13-18-53(33,54)7)76-50-46(42(66)39(63)30(75-50)22-70-25(3)58)77-48-44(68)40(64)36(60)28(20-56)73-48/h11,26-50,56-57,59-69H,10,12-23H2,1-9H3/t26?,27?,28-,29-,30-,31-,32?,33?,34?,35?,36-,37-,38-,39-,40+,41+,42+,43-,44-,45-,46-,47-,48+,49+,50+,52?,53?,54-,55+/m1/s1. The van der Waals surface area contributed by atoms with Gasteiger partial charge in [-0.1, -0.05) is 46.3 Å². The molecule has 4 saturated heterocycles. The van der Waals surface area contributed by atoms with Crippen LogP contribution in [0.4, 0.5) is 0 Å². The molecule has 0 aromatic carbocycles. The number of hydrogen-bond donors (Lipinski definition) is 13. The highest BCUT2D eigenvalue weighted by molar-refractivity contribution is 5.65. The van der Waals surface area contributed by atoms with Crippen molar-refractivity contribution < 1.29 is 114 Å². The Hall–Kier alpha value is -1.63. The molecule has 78 heavy (non-hydrogen) atoms. The van der Waals surface area contributed by atoms with Gasteiger partial charge in [-0.2, -0.15) is 0 Å². The van der Waals surface area contributed by atoms with Crippen LogP contribution < -0.4 is 0 Å². The number of ether oxygens (including phenoxy) is 9. The predicted octanol–water partition coefficient (Wildman–Crippen LogP) is -0.993. The average Bonchev–Trinajstić information content (AvgIpc) is 2.91. The number of fused-ring (bicyclic) bond motifs is 5. The Morgan fingerprint density at radius 2 is 1.13 bits per heavy atom. The van der Waals surface area contributed by atoms with Gasteiger partial charge in [0.1, 0.15) is 98.2 Å². The Kier molecular flexibility index (Phi) is 19.0. The second kappa shape index (κ2) is 23.8. The van der Waals surface area contributed by atoms with Gasteiger partial charge in [0.05, 0.1) is 37.6 Å². The Labute approximate surface area is 456 Å². The number of carbonyl (C=O) groups excluding carboxylic acids is 1. The zero-order valence-electron chi connectivity index (χ0n) is 46.6. The fourth-order valence-electron chi connectivity index (χ4n) is 16.2. The zero-order valence-corrected chi connectivity index (χ0v) is 46.6. The van der Waals surface area contributed by atoms with E-state index < -0.39 is 178 Å². The molecule has 0 aromatic rings. The second-order valence-corrected chi connectivity index (χ2v) is 25.9. The lowest BCUT2D eigenvalue weighted by molar-refractivity contribution is -0.378. The van der Waals surface area contributed by atoms with Gasteiger partial charge in [-0.3, -0.25) is 4.79 Å². The number of aliphatic hydroxyl groups is 13. The van der Waals surface area contributed by atoms with Crippen LogP contribution in [0.15, 0.2) is 11.6 Å². The maximum atomic E-state index is 12.9. The van der Waals surface area contributed by atoms with Gasteiger partial charge in [-0.05, 0) is 124 Å². The molecule has 4 saturated carbocycles. The molecule has 4 aliphatic carbocycles. The topological polar surface area (TPSA) is 363 Å². The quantitative estimate of drug-likeness (QED) is 0.0472. The van der Waals surface area contributed by atoms with Crippen LogP contribution >= 0.6 is 0 Å². The van der Waals surface area contributed by atoms with Crippen molar-refractivity contribution >= 4 is 5.97 Å². The first-order chi connectivity index (χ1) is 36.5. The lowest BCUT2D eigenvalue weighted by atomic mass is 9.35. The molecule has 8 fully saturated rings. The van der Waals surface area contributed by atoms with Crippen LogP contribution in [-0.4, -0.2) is 233 Å². The lowest BCUT2D eigenvalue weighted by Crippen LogP contribution is -2.68. The number of esters is 1. The molecule has 23 heteroatoms. The minimum Gasteiger partial charge on any atom is -0.463 e. The number of rotatable bonds is 17. The third-order valence-electron chi connectivity index (χ3n) is 20.8. The molecular weight excluding hydrogens is 1030 g/mol. The van der Waals surface area contributed by atoms with Crippen molar-refractivity contribution in [3.05, 3.63) is 11.6 Å². The molecule has 450 valence electrons. The summed E-state index contributed by atoms with van der Waals surface area (Å²) in [5.41, 5.74) is -1.58. The summed E-state index contributed by atoms with van der Waals surface area (Å²) in [5, 5.41) is 142. The first-order valence-electron chi connectivity index (χ1n) is 28.2. The van der Waals surface area contributed by atoms with E-state index in [1.807, 2.05) is 20.8 Å². The number of carbonyl (C=O) groups is 1. The van der Waals surface area contributed by atoms with E-state index in [1.54, 1.807) is 0 Å². The summed E-state index contributed by atoms with van der Waals surface area (Å²) in [5.74, 6) is -1.11. The van der Waals surface area contributed by atoms with Crippen LogP contribution in [0.1, 0.15) is 120 Å². The van der Waals surface area contributed by atoms with Crippen LogP contribution in [0.2, 0.25) is 0 Å². The normalized spacial score (nSPS) is 50.9. The van der Waals surface area contributed by atoms with Crippen molar-refractivity contribution in [2.75, 3.05) is 26.4 Å². The van der Waals surface area contributed by atoms with E-state index >= 15 is 0 Å². The van der Waals surface area contributed by atoms with Crippen molar-refractivity contribution in [3.8, 4) is 0 Å². The molecule has 8 rings (SSSR count). The first kappa shape index (κ1) is 62.4. The molecule has 0 radical (unpaired) electrons. The summed E-state index contributed by atoms with van der Waals surface area (Å²) >= 11 is 0. The third kappa shape index (κ3) is 11.2. The van der Waals surface area contributed by atoms with E-state index in [1.165, 1.54) is 6.92 Å². The molecule has 29 atom stereocenters. The van der Waals surface area contributed by atoms with E-state index in [0.717, 1.165) is 24.8 Å². The highest BCUT2D eigenvalue weighted by atomic mass is 16.8. The summed E-state index contributed by atoms with van der Waals surface area (Å²) in [6.07, 6.45) is -22.6. The van der Waals surface area contributed by atoms with E-state index in [2.05, 4.69) is 40.7 Å². The lowest BCUT2D eigenvalue weighted by Gasteiger charge is -2.71. The van der Waals surface area contributed by atoms with Gasteiger partial charge < -0.3 is 109 Å². The fraction of sp³-hybridized carbons (Fsp3) is 0.945. The molecule has 0 amide bonds. The maximum Gasteiger partial charge on any atom is 0.302 e. The molecule has 8 aliphatic rings. The van der Waals surface area contributed by atoms with Crippen molar-refractivity contribution in [3.63, 3.8) is 0 Å². The van der Waals surface area contributed by atoms with E-state index in [0.29, 0.717) is 38.5 Å². The van der Waals surface area contributed by atoms with Gasteiger partial charge in [0.15, 0.2) is 25.2 Å². The molecule has 13 N–H and O–H groups in total.